The lowest BCUT2D eigenvalue weighted by atomic mass is 10.0. The number of nitrogens with one attached hydrogen (secondary N) is 1. The van der Waals surface area contributed by atoms with E-state index in [1.807, 2.05) is 11.8 Å². The number of sulfonamides is 1. The lowest BCUT2D eigenvalue weighted by Gasteiger charge is -2.35. The maximum atomic E-state index is 13.8. The minimum Gasteiger partial charge on any atom is -0.377 e. The van der Waals surface area contributed by atoms with Gasteiger partial charge in [-0.05, 0) is 25.1 Å². The molecule has 11 heteroatoms. The molecule has 0 radical (unpaired) electrons. The number of aromatic amines is 1. The molecule has 1 aliphatic rings. The predicted molar refractivity (Wildman–Crippen MR) is 106 cm³/mol. The summed E-state index contributed by atoms with van der Waals surface area (Å²) in [6.45, 7) is 3.27. The van der Waals surface area contributed by atoms with Gasteiger partial charge < -0.3 is 14.6 Å². The van der Waals surface area contributed by atoms with Crippen molar-refractivity contribution in [1.82, 2.24) is 9.29 Å². The van der Waals surface area contributed by atoms with Gasteiger partial charge in [0.25, 0.3) is 0 Å². The highest BCUT2D eigenvalue weighted by Gasteiger charge is 2.36. The molecule has 0 spiro atoms. The molecule has 164 valence electrons. The molecule has 2 aromatic rings. The fraction of sp³-hybridized carbons (Fsp3) is 0.421. The average Bonchev–Trinajstić information content (AvgIpc) is 2.66. The molecular weight excluding hydrogens is 423 g/mol. The van der Waals surface area contributed by atoms with Crippen LogP contribution in [0, 0.1) is 0 Å². The van der Waals surface area contributed by atoms with Crippen LogP contribution < -0.4 is 10.5 Å². The van der Waals surface area contributed by atoms with Crippen molar-refractivity contribution in [2.75, 3.05) is 38.8 Å². The molecule has 1 N–H and O–H groups in total. The number of anilines is 1. The van der Waals surface area contributed by atoms with E-state index in [1.54, 1.807) is 0 Å². The van der Waals surface area contributed by atoms with Crippen LogP contribution in [0.5, 0.6) is 0 Å². The summed E-state index contributed by atoms with van der Waals surface area (Å²) >= 11 is 0. The molecule has 0 saturated carbocycles. The summed E-state index contributed by atoms with van der Waals surface area (Å²) in [6, 6.07) is 5.49. The Bertz CT molecular complexity index is 1100. The first kappa shape index (κ1) is 22.3. The van der Waals surface area contributed by atoms with E-state index in [2.05, 4.69) is 4.98 Å². The Morgan fingerprint density at radius 3 is 2.50 bits per heavy atom. The molecule has 1 fully saturated rings. The Morgan fingerprint density at radius 2 is 1.90 bits per heavy atom. The maximum absolute atomic E-state index is 13.8. The second kappa shape index (κ2) is 8.05. The zero-order chi connectivity index (χ0) is 22.3. The van der Waals surface area contributed by atoms with E-state index in [0.29, 0.717) is 31.5 Å². The van der Waals surface area contributed by atoms with Gasteiger partial charge in [-0.3, -0.25) is 4.79 Å². The number of nitrogens with zero attached hydrogens (tertiary/aromatic N) is 2. The molecule has 3 rings (SSSR count). The first-order valence-electron chi connectivity index (χ1n) is 9.14. The van der Waals surface area contributed by atoms with Crippen molar-refractivity contribution in [3.8, 4) is 11.3 Å². The molecule has 1 aromatic heterocycles. The molecule has 0 bridgehead atoms. The van der Waals surface area contributed by atoms with Crippen LogP contribution in [0.15, 0.2) is 40.0 Å². The van der Waals surface area contributed by atoms with Gasteiger partial charge in [-0.25, -0.2) is 12.7 Å². The molecule has 2 heterocycles. The second-order valence-corrected chi connectivity index (χ2v) is 9.38. The van der Waals surface area contributed by atoms with Gasteiger partial charge in [-0.15, -0.1) is 0 Å². The van der Waals surface area contributed by atoms with Gasteiger partial charge in [0.05, 0.1) is 29.4 Å². The lowest BCUT2D eigenvalue weighted by Crippen LogP contribution is -2.44. The number of H-pyrrole nitrogens is 1. The van der Waals surface area contributed by atoms with E-state index >= 15 is 0 Å². The third-order valence-corrected chi connectivity index (χ3v) is 6.70. The number of aromatic nitrogens is 1. The molecule has 1 saturated heterocycles. The number of hydrogen-bond donors (Lipinski definition) is 1. The van der Waals surface area contributed by atoms with Crippen LogP contribution in [0.1, 0.15) is 12.5 Å². The van der Waals surface area contributed by atoms with Gasteiger partial charge >= 0.3 is 6.18 Å². The third-order valence-electron chi connectivity index (χ3n) is 4.89. The molecule has 1 aromatic carbocycles. The van der Waals surface area contributed by atoms with Crippen LogP contribution in [0.2, 0.25) is 0 Å². The minimum atomic E-state index is -4.83. The quantitative estimate of drug-likeness (QED) is 0.782. The molecule has 1 aliphatic heterocycles. The number of alkyl halides is 3. The van der Waals surface area contributed by atoms with Crippen LogP contribution in [-0.4, -0.2) is 57.6 Å². The van der Waals surface area contributed by atoms with E-state index in [0.717, 1.165) is 16.4 Å². The van der Waals surface area contributed by atoms with Crippen molar-refractivity contribution in [2.24, 2.45) is 0 Å². The number of hydrogen-bond acceptors (Lipinski definition) is 5. The van der Waals surface area contributed by atoms with Gasteiger partial charge in [-0.2, -0.15) is 13.2 Å². The Kier molecular flexibility index (Phi) is 5.99. The van der Waals surface area contributed by atoms with Gasteiger partial charge in [0.15, 0.2) is 0 Å². The summed E-state index contributed by atoms with van der Waals surface area (Å²) in [4.78, 5) is 16.1. The molecule has 7 nitrogen and oxygen atoms in total. The van der Waals surface area contributed by atoms with E-state index in [-0.39, 0.29) is 17.3 Å². The van der Waals surface area contributed by atoms with Crippen LogP contribution >= 0.6 is 0 Å². The second-order valence-electron chi connectivity index (χ2n) is 7.23. The minimum absolute atomic E-state index is 0.0442. The molecule has 1 unspecified atom stereocenters. The van der Waals surface area contributed by atoms with Gasteiger partial charge in [-0.1, -0.05) is 6.07 Å². The molecule has 0 amide bonds. The zero-order valence-corrected chi connectivity index (χ0v) is 17.5. The maximum Gasteiger partial charge on any atom is 0.417 e. The first-order chi connectivity index (χ1) is 13.9. The Morgan fingerprint density at radius 1 is 1.20 bits per heavy atom. The zero-order valence-electron chi connectivity index (χ0n) is 16.7. The number of benzene rings is 1. The summed E-state index contributed by atoms with van der Waals surface area (Å²) in [5, 5.41) is 0. The molecular formula is C19H22F3N3O4S. The predicted octanol–water partition coefficient (Wildman–Crippen LogP) is 2.54. The van der Waals surface area contributed by atoms with Crippen molar-refractivity contribution >= 4 is 15.7 Å². The summed E-state index contributed by atoms with van der Waals surface area (Å²) in [5.74, 6) is 0. The fourth-order valence-electron chi connectivity index (χ4n) is 3.31. The summed E-state index contributed by atoms with van der Waals surface area (Å²) in [5.41, 5.74) is -1.58. The van der Waals surface area contributed by atoms with E-state index < -0.39 is 32.2 Å². The molecule has 1 atom stereocenters. The monoisotopic (exact) mass is 445 g/mol. The highest BCUT2D eigenvalue weighted by Crippen LogP contribution is 2.38. The fourth-order valence-corrected chi connectivity index (χ4v) is 4.24. The van der Waals surface area contributed by atoms with Crippen LogP contribution in [0.3, 0.4) is 0 Å². The summed E-state index contributed by atoms with van der Waals surface area (Å²) in [7, 11) is -1.59. The first-order valence-corrected chi connectivity index (χ1v) is 10.6. The van der Waals surface area contributed by atoms with Gasteiger partial charge in [0, 0.05) is 44.0 Å². The number of ether oxygens (including phenoxy) is 1. The van der Waals surface area contributed by atoms with Crippen molar-refractivity contribution < 1.29 is 26.3 Å². The Balaban J connectivity index is 2.17. The van der Waals surface area contributed by atoms with E-state index in [4.69, 9.17) is 4.74 Å². The lowest BCUT2D eigenvalue weighted by molar-refractivity contribution is -0.137. The van der Waals surface area contributed by atoms with Crippen LogP contribution in [0.25, 0.3) is 11.3 Å². The van der Waals surface area contributed by atoms with Crippen molar-refractivity contribution in [3.63, 3.8) is 0 Å². The average molecular weight is 445 g/mol. The normalized spacial score (nSPS) is 18.1. The van der Waals surface area contributed by atoms with Crippen molar-refractivity contribution in [3.05, 3.63) is 46.2 Å². The number of morpholine rings is 1. The number of rotatable bonds is 4. The third kappa shape index (κ3) is 4.37. The van der Waals surface area contributed by atoms with Crippen LogP contribution in [0.4, 0.5) is 18.9 Å². The Hall–Kier alpha value is -2.37. The highest BCUT2D eigenvalue weighted by atomic mass is 32.2. The smallest absolute Gasteiger partial charge is 0.377 e. The summed E-state index contributed by atoms with van der Waals surface area (Å²) < 4.78 is 72.2. The topological polar surface area (TPSA) is 82.7 Å². The SMILES string of the molecule is CC1COCCN1c1cc(-c2ccc(S(=O)(=O)N(C)C)cc2C(F)(F)F)[nH]c(=O)c1. The van der Waals surface area contributed by atoms with E-state index in [1.165, 1.54) is 26.2 Å². The summed E-state index contributed by atoms with van der Waals surface area (Å²) in [6.07, 6.45) is -4.83. The molecule has 0 aliphatic carbocycles. The van der Waals surface area contributed by atoms with Crippen molar-refractivity contribution in [1.29, 1.82) is 0 Å². The highest BCUT2D eigenvalue weighted by molar-refractivity contribution is 7.89. The number of pyridine rings is 1. The van der Waals surface area contributed by atoms with Gasteiger partial charge in [0.2, 0.25) is 15.6 Å². The van der Waals surface area contributed by atoms with Crippen molar-refractivity contribution in [2.45, 2.75) is 24.0 Å². The number of halogens is 3. The Labute approximate surface area is 172 Å². The molecule has 30 heavy (non-hydrogen) atoms. The van der Waals surface area contributed by atoms with E-state index in [9.17, 15) is 26.4 Å². The van der Waals surface area contributed by atoms with Gasteiger partial charge in [0.1, 0.15) is 0 Å². The van der Waals surface area contributed by atoms with Crippen LogP contribution in [-0.2, 0) is 20.9 Å². The standard InChI is InChI=1S/C19H22F3N3O4S/c1-12-11-29-7-6-25(12)13-8-17(23-18(26)9-13)15-5-4-14(30(27,28)24(2)3)10-16(15)19(20,21)22/h4-5,8-10,12H,6-7,11H2,1-3H3,(H,23,26). The largest absolute Gasteiger partial charge is 0.417 e.